The molecule has 0 aromatic heterocycles. The third-order valence-electron chi connectivity index (χ3n) is 13.2. The van der Waals surface area contributed by atoms with Crippen molar-refractivity contribution in [2.45, 2.75) is 38.5 Å². The minimum absolute atomic E-state index is 0.0176. The van der Waals surface area contributed by atoms with Gasteiger partial charge in [0.2, 0.25) is 0 Å². The lowest BCUT2D eigenvalue weighted by Crippen LogP contribution is -2.17. The Kier molecular flexibility index (Phi) is 5.50. The van der Waals surface area contributed by atoms with Crippen LogP contribution < -0.4 is 9.80 Å². The number of benzene rings is 10. The van der Waals surface area contributed by atoms with E-state index >= 15 is 0 Å². The predicted octanol–water partition coefficient (Wildman–Crippen LogP) is 16.1. The molecule has 0 aliphatic heterocycles. The molecule has 0 bridgehead atoms. The van der Waals surface area contributed by atoms with E-state index in [9.17, 15) is 5.48 Å². The average molecular weight is 779 g/mol. The van der Waals surface area contributed by atoms with Crippen molar-refractivity contribution in [3.8, 4) is 22.3 Å². The van der Waals surface area contributed by atoms with E-state index in [2.05, 4.69) is 76.2 Å². The van der Waals surface area contributed by atoms with Crippen molar-refractivity contribution < 1.29 is 13.7 Å². The zero-order valence-corrected chi connectivity index (χ0v) is 33.6. The normalized spacial score (nSPS) is 16.6. The monoisotopic (exact) mass is 778 g/mol. The second kappa shape index (κ2) is 12.7. The van der Waals surface area contributed by atoms with E-state index in [1.54, 1.807) is 9.80 Å². The molecule has 2 aliphatic rings. The van der Waals surface area contributed by atoms with E-state index in [1.165, 1.54) is 11.1 Å². The number of rotatable bonds is 6. The van der Waals surface area contributed by atoms with Gasteiger partial charge in [-0.05, 0) is 127 Å². The highest BCUT2D eigenvalue weighted by Gasteiger charge is 2.37. The van der Waals surface area contributed by atoms with E-state index in [0.717, 1.165) is 65.7 Å². The second-order valence-corrected chi connectivity index (χ2v) is 17.0. The van der Waals surface area contributed by atoms with Crippen LogP contribution in [0.4, 0.5) is 34.1 Å². The van der Waals surface area contributed by atoms with Crippen molar-refractivity contribution in [3.63, 3.8) is 0 Å². The van der Waals surface area contributed by atoms with Gasteiger partial charge in [-0.3, -0.25) is 0 Å². The fraction of sp³-hybridized carbons (Fsp3) is 0.103. The third kappa shape index (κ3) is 4.88. The minimum atomic E-state index is -0.479. The first-order valence-corrected chi connectivity index (χ1v) is 20.4. The van der Waals surface area contributed by atoms with Crippen LogP contribution in [0, 0.1) is 0 Å². The van der Waals surface area contributed by atoms with Gasteiger partial charge in [0, 0.05) is 44.4 Å². The van der Waals surface area contributed by atoms with Gasteiger partial charge in [0.15, 0.2) is 0 Å². The molecule has 2 heteroatoms. The van der Waals surface area contributed by atoms with Crippen molar-refractivity contribution in [2.24, 2.45) is 0 Å². The maximum atomic E-state index is 9.35. The summed E-state index contributed by atoms with van der Waals surface area (Å²) in [6.45, 7) is 8.72. The van der Waals surface area contributed by atoms with Crippen LogP contribution in [0.5, 0.6) is 0 Å². The van der Waals surface area contributed by atoms with Gasteiger partial charge in [-0.1, -0.05) is 161 Å². The van der Waals surface area contributed by atoms with Crippen molar-refractivity contribution in [3.05, 3.63) is 216 Å². The molecule has 0 saturated heterocycles. The van der Waals surface area contributed by atoms with E-state index < -0.39 is 47.1 Å². The Labute approximate surface area is 366 Å². The lowest BCUT2D eigenvalue weighted by Gasteiger charge is -2.30. The first-order chi connectivity index (χ1) is 33.4. The van der Waals surface area contributed by atoms with Crippen LogP contribution in [0.3, 0.4) is 0 Å². The summed E-state index contributed by atoms with van der Waals surface area (Å²) in [5.41, 5.74) is 10.6. The summed E-state index contributed by atoms with van der Waals surface area (Å²) in [6.07, 6.45) is 0. The molecular weight excluding hydrogens is 725 g/mol. The molecule has 12 rings (SSSR count). The molecule has 0 amide bonds. The molecule has 0 N–H and O–H groups in total. The fourth-order valence-electron chi connectivity index (χ4n) is 10.3. The zero-order valence-electron chi connectivity index (χ0n) is 43.6. The van der Waals surface area contributed by atoms with Crippen LogP contribution >= 0.6 is 0 Å². The van der Waals surface area contributed by atoms with E-state index in [4.69, 9.17) is 8.22 Å². The fourth-order valence-corrected chi connectivity index (χ4v) is 10.3. The number of hydrogen-bond donors (Lipinski definition) is 0. The topological polar surface area (TPSA) is 6.48 Å². The highest BCUT2D eigenvalue weighted by atomic mass is 15.1. The molecule has 0 radical (unpaired) electrons. The highest BCUT2D eigenvalue weighted by molar-refractivity contribution is 6.28. The number of anilines is 6. The molecule has 0 unspecified atom stereocenters. The van der Waals surface area contributed by atoms with Crippen molar-refractivity contribution in [1.82, 2.24) is 0 Å². The first-order valence-electron chi connectivity index (χ1n) is 25.4. The third-order valence-corrected chi connectivity index (χ3v) is 13.2. The van der Waals surface area contributed by atoms with Crippen LogP contribution in [-0.4, -0.2) is 0 Å². The number of hydrogen-bond acceptors (Lipinski definition) is 2. The summed E-state index contributed by atoms with van der Waals surface area (Å²) in [4.78, 5) is 3.60. The van der Waals surface area contributed by atoms with Crippen LogP contribution in [-0.2, 0) is 10.8 Å². The van der Waals surface area contributed by atoms with Gasteiger partial charge in [-0.15, -0.1) is 0 Å². The SMILES string of the molecule is [2H]c1c([2H])c([2H])c(N(c2ccc3c(c2)C(C)(C)c2ccccc2-3)c2ccc3ccc4c(N(c5ccc6c(c5)C(C)(C)c5ccccc5-6)c5c([2H])c([2H])c([2H])c([2H])c5[2H])ccc5ccc2c3c54)c([2H])c1[2H]. The molecule has 286 valence electrons. The summed E-state index contributed by atoms with van der Waals surface area (Å²) < 4.78 is 89.8. The van der Waals surface area contributed by atoms with Crippen molar-refractivity contribution >= 4 is 66.4 Å². The predicted molar refractivity (Wildman–Crippen MR) is 255 cm³/mol. The molecular formula is C58H44N2. The quantitative estimate of drug-likeness (QED) is 0.155. The maximum Gasteiger partial charge on any atom is 0.0645 e. The molecule has 10 aromatic rings. The van der Waals surface area contributed by atoms with Crippen LogP contribution in [0.2, 0.25) is 0 Å². The summed E-state index contributed by atoms with van der Waals surface area (Å²) in [5, 5.41) is 5.02. The Morgan fingerprint density at radius 2 is 0.750 bits per heavy atom. The number of fused-ring (bicyclic) bond motifs is 6. The van der Waals surface area contributed by atoms with E-state index in [0.29, 0.717) is 22.7 Å². The number of para-hydroxylation sites is 2. The molecule has 2 aliphatic carbocycles. The van der Waals surface area contributed by atoms with Crippen LogP contribution in [0.15, 0.2) is 194 Å². The van der Waals surface area contributed by atoms with Gasteiger partial charge in [0.05, 0.1) is 25.1 Å². The molecule has 0 fully saturated rings. The van der Waals surface area contributed by atoms with E-state index in [-0.39, 0.29) is 35.5 Å². The lowest BCUT2D eigenvalue weighted by atomic mass is 9.82. The molecule has 10 aromatic carbocycles. The lowest BCUT2D eigenvalue weighted by molar-refractivity contribution is 0.660. The molecule has 60 heavy (non-hydrogen) atoms. The van der Waals surface area contributed by atoms with Crippen LogP contribution in [0.25, 0.3) is 54.6 Å². The average Bonchev–Trinajstić information content (AvgIpc) is 3.74. The molecule has 2 nitrogen and oxygen atoms in total. The van der Waals surface area contributed by atoms with Crippen molar-refractivity contribution in [2.75, 3.05) is 9.80 Å². The van der Waals surface area contributed by atoms with Gasteiger partial charge in [-0.25, -0.2) is 0 Å². The standard InChI is InChI=1S/C58H44N2/c1-57(2)49-21-13-11-19-43(49)45-31-27-41(35-51(45)57)59(39-15-7-5-8-16-39)53-33-25-37-24-30-48-54(34-26-38-23-29-47(53)55(37)56(38)48)60(40-17-9-6-10-18-40)42-28-32-46-44-20-12-14-22-50(44)58(3,4)52(46)36-42/h5-36H,1-4H3/i5D,6D,7D,8D,9D,10D,15D,16D,17D,18D. The van der Waals surface area contributed by atoms with Gasteiger partial charge in [0.25, 0.3) is 0 Å². The Morgan fingerprint density at radius 1 is 0.367 bits per heavy atom. The summed E-state index contributed by atoms with van der Waals surface area (Å²) in [7, 11) is 0. The van der Waals surface area contributed by atoms with Crippen LogP contribution in [0.1, 0.15) is 63.7 Å². The van der Waals surface area contributed by atoms with Gasteiger partial charge >= 0.3 is 0 Å². The van der Waals surface area contributed by atoms with Gasteiger partial charge < -0.3 is 9.80 Å². The number of nitrogens with zero attached hydrogens (tertiary/aromatic N) is 2. The molecule has 0 atom stereocenters. The van der Waals surface area contributed by atoms with E-state index in [1.807, 2.05) is 84.9 Å². The Bertz CT molecular complexity index is 3620. The largest absolute Gasteiger partial charge is 0.310 e. The first kappa shape index (κ1) is 26.0. The zero-order chi connectivity index (χ0) is 49.0. The Morgan fingerprint density at radius 3 is 1.18 bits per heavy atom. The second-order valence-electron chi connectivity index (χ2n) is 17.0. The minimum Gasteiger partial charge on any atom is -0.310 e. The maximum absolute atomic E-state index is 9.35. The summed E-state index contributed by atoms with van der Waals surface area (Å²) in [6, 6.07) is 40.7. The summed E-state index contributed by atoms with van der Waals surface area (Å²) >= 11 is 0. The summed E-state index contributed by atoms with van der Waals surface area (Å²) in [5.74, 6) is 0. The Hall–Kier alpha value is -7.16. The molecule has 0 heterocycles. The molecule has 0 saturated carbocycles. The smallest absolute Gasteiger partial charge is 0.0645 e. The Balaban J connectivity index is 1.13. The van der Waals surface area contributed by atoms with Gasteiger partial charge in [0.1, 0.15) is 0 Å². The van der Waals surface area contributed by atoms with Crippen molar-refractivity contribution in [1.29, 1.82) is 0 Å². The molecule has 0 spiro atoms. The van der Waals surface area contributed by atoms with Gasteiger partial charge in [-0.2, -0.15) is 0 Å². The highest BCUT2D eigenvalue weighted by Crippen LogP contribution is 2.54.